The van der Waals surface area contributed by atoms with Gasteiger partial charge < -0.3 is 14.4 Å². The van der Waals surface area contributed by atoms with Gasteiger partial charge >= 0.3 is 11.9 Å². The van der Waals surface area contributed by atoms with Crippen molar-refractivity contribution in [2.45, 2.75) is 20.4 Å². The predicted octanol–water partition coefficient (Wildman–Crippen LogP) is 3.95. The standard InChI is InChI=1S/C24H22BrN5O3/c1-3-33-23(32)18-13(2)30(12-14-7-5-4-6-8-14)21-19(18)17-11-15(25)9-10-16(17)20(22(21)31)28-29-24(26)27/h4-11,31H,3,12H2,1-2H3,(H3,26,27)/p+1. The number of esters is 1. The van der Waals surface area contributed by atoms with E-state index in [0.717, 1.165) is 10.0 Å². The summed E-state index contributed by atoms with van der Waals surface area (Å²) in [5, 5.41) is 26.7. The number of aromatic nitrogens is 1. The minimum atomic E-state index is -0.457. The third-order valence-electron chi connectivity index (χ3n) is 5.41. The Bertz CT molecular complexity index is 1430. The minimum absolute atomic E-state index is 0.126. The second-order valence-electron chi connectivity index (χ2n) is 7.49. The summed E-state index contributed by atoms with van der Waals surface area (Å²) in [5.41, 5.74) is 8.22. The highest BCUT2D eigenvalue weighted by Crippen LogP contribution is 2.47. The second-order valence-corrected chi connectivity index (χ2v) is 8.40. The fourth-order valence-electron chi connectivity index (χ4n) is 4.04. The lowest BCUT2D eigenvalue weighted by atomic mass is 10.0. The zero-order valence-corrected chi connectivity index (χ0v) is 19.8. The van der Waals surface area contributed by atoms with Gasteiger partial charge in [0.05, 0.1) is 17.7 Å². The van der Waals surface area contributed by atoms with Crippen molar-refractivity contribution in [1.82, 2.24) is 4.57 Å². The van der Waals surface area contributed by atoms with Gasteiger partial charge in [0.1, 0.15) is 0 Å². The Morgan fingerprint density at radius 1 is 1.21 bits per heavy atom. The maximum absolute atomic E-state index is 13.1. The summed E-state index contributed by atoms with van der Waals surface area (Å²) in [6.07, 6.45) is 0. The van der Waals surface area contributed by atoms with Crippen molar-refractivity contribution in [3.8, 4) is 5.75 Å². The maximum atomic E-state index is 13.1. The van der Waals surface area contributed by atoms with Gasteiger partial charge in [0.15, 0.2) is 11.4 Å². The highest BCUT2D eigenvalue weighted by Gasteiger charge is 2.28. The Labute approximate surface area is 198 Å². The average Bonchev–Trinajstić information content (AvgIpc) is 3.07. The summed E-state index contributed by atoms with van der Waals surface area (Å²) in [7, 11) is 0. The van der Waals surface area contributed by atoms with Crippen molar-refractivity contribution in [2.24, 2.45) is 16.0 Å². The number of carbonyl (C=O) groups is 1. The van der Waals surface area contributed by atoms with E-state index in [9.17, 15) is 9.90 Å². The van der Waals surface area contributed by atoms with E-state index < -0.39 is 5.97 Å². The third-order valence-corrected chi connectivity index (χ3v) is 5.90. The van der Waals surface area contributed by atoms with Crippen LogP contribution in [0.1, 0.15) is 28.5 Å². The number of nitrogens with zero attached hydrogens (tertiary/aromatic N) is 3. The number of aromatic hydroxyl groups is 1. The molecule has 168 valence electrons. The number of fused-ring (bicyclic) bond motifs is 3. The number of rotatable bonds is 5. The monoisotopic (exact) mass is 508 g/mol. The van der Waals surface area contributed by atoms with Crippen LogP contribution in [0.25, 0.3) is 21.7 Å². The number of hydrogen-bond acceptors (Lipinski definition) is 4. The number of phenolic OH excluding ortho intramolecular Hbond substituents is 1. The summed E-state index contributed by atoms with van der Waals surface area (Å²) in [4.78, 5) is 13.1. The predicted molar refractivity (Wildman–Crippen MR) is 131 cm³/mol. The minimum Gasteiger partial charge on any atom is -0.504 e. The van der Waals surface area contributed by atoms with E-state index in [2.05, 4.69) is 26.2 Å². The van der Waals surface area contributed by atoms with Crippen LogP contribution in [0.4, 0.5) is 5.69 Å². The van der Waals surface area contributed by atoms with Gasteiger partial charge in [-0.3, -0.25) is 11.1 Å². The normalized spacial score (nSPS) is 11.5. The quantitative estimate of drug-likeness (QED) is 0.163. The van der Waals surface area contributed by atoms with E-state index in [4.69, 9.17) is 15.9 Å². The molecule has 0 saturated heterocycles. The van der Waals surface area contributed by atoms with E-state index in [1.54, 1.807) is 13.0 Å². The Kier molecular flexibility index (Phi) is 6.15. The van der Waals surface area contributed by atoms with Crippen molar-refractivity contribution in [1.29, 1.82) is 0 Å². The summed E-state index contributed by atoms with van der Waals surface area (Å²) in [6.45, 7) is 4.26. The first-order chi connectivity index (χ1) is 15.8. The van der Waals surface area contributed by atoms with E-state index >= 15 is 0 Å². The lowest BCUT2D eigenvalue weighted by Gasteiger charge is -2.12. The molecule has 0 aliphatic rings. The molecule has 0 fully saturated rings. The first-order valence-corrected chi connectivity index (χ1v) is 11.1. The number of hydrogen-bond donors (Lipinski definition) is 3. The van der Waals surface area contributed by atoms with Crippen LogP contribution < -0.4 is 11.1 Å². The van der Waals surface area contributed by atoms with Crippen molar-refractivity contribution < 1.29 is 20.0 Å². The molecule has 0 unspecified atom stereocenters. The number of nitrogens with two attached hydrogens (primary N) is 2. The van der Waals surface area contributed by atoms with Crippen LogP contribution in [-0.2, 0) is 11.3 Å². The van der Waals surface area contributed by atoms with Gasteiger partial charge in [0.2, 0.25) is 0 Å². The van der Waals surface area contributed by atoms with Gasteiger partial charge in [0.25, 0.3) is 0 Å². The first kappa shape index (κ1) is 22.5. The molecule has 9 heteroatoms. The van der Waals surface area contributed by atoms with Crippen LogP contribution in [0.2, 0.25) is 0 Å². The number of azo groups is 1. The zero-order chi connectivity index (χ0) is 23.7. The molecule has 0 radical (unpaired) electrons. The van der Waals surface area contributed by atoms with E-state index in [1.165, 1.54) is 0 Å². The molecule has 0 saturated carbocycles. The summed E-state index contributed by atoms with van der Waals surface area (Å²) >= 11 is 3.51. The Morgan fingerprint density at radius 2 is 1.94 bits per heavy atom. The molecule has 0 amide bonds. The molecule has 0 aliphatic carbocycles. The maximum Gasteiger partial charge on any atom is 0.403 e. The lowest BCUT2D eigenvalue weighted by molar-refractivity contribution is -0.117. The van der Waals surface area contributed by atoms with Crippen molar-refractivity contribution in [3.05, 3.63) is 69.8 Å². The van der Waals surface area contributed by atoms with Gasteiger partial charge in [-0.15, -0.1) is 0 Å². The van der Waals surface area contributed by atoms with Gasteiger partial charge in [-0.25, -0.2) is 4.79 Å². The smallest absolute Gasteiger partial charge is 0.403 e. The molecule has 3 aromatic carbocycles. The van der Waals surface area contributed by atoms with Gasteiger partial charge in [0, 0.05) is 32.6 Å². The Balaban J connectivity index is 2.17. The van der Waals surface area contributed by atoms with Crippen LogP contribution in [0, 0.1) is 6.92 Å². The molecule has 4 rings (SSSR count). The molecule has 1 aromatic heterocycles. The van der Waals surface area contributed by atoms with Crippen molar-refractivity contribution in [2.75, 3.05) is 6.61 Å². The average molecular weight is 509 g/mol. The molecule has 0 bridgehead atoms. The molecule has 0 aliphatic heterocycles. The molecule has 0 spiro atoms. The largest absolute Gasteiger partial charge is 0.504 e. The molecule has 0 atom stereocenters. The molecular weight excluding hydrogens is 486 g/mol. The molecule has 5 N–H and O–H groups in total. The Morgan fingerprint density at radius 3 is 2.61 bits per heavy atom. The molecular formula is C24H23BrN5O3+. The molecule has 8 nitrogen and oxygen atoms in total. The number of halogens is 1. The van der Waals surface area contributed by atoms with Crippen LogP contribution in [-0.4, -0.2) is 28.2 Å². The Hall–Kier alpha value is -3.72. The van der Waals surface area contributed by atoms with Gasteiger partial charge in [-0.05, 0) is 36.9 Å². The van der Waals surface area contributed by atoms with E-state index in [-0.39, 0.29) is 24.0 Å². The van der Waals surface area contributed by atoms with Gasteiger partial charge in [-0.2, -0.15) is 0 Å². The van der Waals surface area contributed by atoms with Crippen LogP contribution >= 0.6 is 15.9 Å². The molecule has 4 aromatic rings. The van der Waals surface area contributed by atoms with Crippen molar-refractivity contribution >= 4 is 55.2 Å². The highest BCUT2D eigenvalue weighted by molar-refractivity contribution is 9.10. The number of phenols is 1. The third kappa shape index (κ3) is 4.07. The van der Waals surface area contributed by atoms with Crippen LogP contribution in [0.15, 0.2) is 63.2 Å². The molecule has 33 heavy (non-hydrogen) atoms. The van der Waals surface area contributed by atoms with Crippen LogP contribution in [0.3, 0.4) is 0 Å². The highest BCUT2D eigenvalue weighted by atomic mass is 79.9. The fourth-order valence-corrected chi connectivity index (χ4v) is 4.40. The van der Waals surface area contributed by atoms with Gasteiger partial charge in [-0.1, -0.05) is 57.4 Å². The lowest BCUT2D eigenvalue weighted by Crippen LogP contribution is -2.43. The first-order valence-electron chi connectivity index (χ1n) is 10.3. The summed E-state index contributed by atoms with van der Waals surface area (Å²) < 4.78 is 8.08. The van der Waals surface area contributed by atoms with Crippen molar-refractivity contribution in [3.63, 3.8) is 0 Å². The summed E-state index contributed by atoms with van der Waals surface area (Å²) in [5.74, 6) is -0.816. The number of guanidine groups is 1. The van der Waals surface area contributed by atoms with Crippen LogP contribution in [0.5, 0.6) is 5.75 Å². The fraction of sp³-hybridized carbons (Fsp3) is 0.167. The topological polar surface area (TPSA) is 128 Å². The second kappa shape index (κ2) is 9.03. The van der Waals surface area contributed by atoms with E-state index in [1.807, 2.05) is 54.0 Å². The SMILES string of the molecule is CCOC(=O)c1c(C)n(Cc2ccccc2)c2c(O)c(N=NC(N)=[NH2+])c3ccc(Br)cc3c12. The van der Waals surface area contributed by atoms with E-state index in [0.29, 0.717) is 39.5 Å². The molecule has 1 heterocycles. The summed E-state index contributed by atoms with van der Waals surface area (Å²) in [6, 6.07) is 15.3. The number of ether oxygens (including phenoxy) is 1. The number of carbonyl (C=O) groups excluding carboxylic acids is 1. The zero-order valence-electron chi connectivity index (χ0n) is 18.2. The number of benzene rings is 3.